The lowest BCUT2D eigenvalue weighted by Crippen LogP contribution is -2.24. The van der Waals surface area contributed by atoms with Gasteiger partial charge in [0, 0.05) is 31.6 Å². The number of hydrogen-bond donors (Lipinski definition) is 2. The van der Waals surface area contributed by atoms with Crippen LogP contribution in [0.2, 0.25) is 0 Å². The predicted octanol–water partition coefficient (Wildman–Crippen LogP) is 7.35. The molecule has 2 N–H and O–H groups in total. The number of thioether (sulfide) groups is 1. The number of nitrogens with one attached hydrogen (secondary N) is 2. The Morgan fingerprint density at radius 3 is 2.47 bits per heavy atom. The van der Waals surface area contributed by atoms with Gasteiger partial charge < -0.3 is 20.1 Å². The maximum atomic E-state index is 13.0. The van der Waals surface area contributed by atoms with Crippen molar-refractivity contribution in [2.45, 2.75) is 23.5 Å². The molecular weight excluding hydrogens is 586 g/mol. The van der Waals surface area contributed by atoms with Crippen LogP contribution in [0.5, 0.6) is 11.5 Å². The van der Waals surface area contributed by atoms with Gasteiger partial charge in [-0.15, -0.1) is 23.1 Å². The van der Waals surface area contributed by atoms with Crippen molar-refractivity contribution < 1.29 is 19.1 Å². The molecule has 0 aliphatic carbocycles. The van der Waals surface area contributed by atoms with Gasteiger partial charge in [-0.3, -0.25) is 9.59 Å². The zero-order valence-corrected chi connectivity index (χ0v) is 24.2. The van der Waals surface area contributed by atoms with E-state index in [1.165, 1.54) is 30.2 Å². The van der Waals surface area contributed by atoms with Gasteiger partial charge in [-0.25, -0.2) is 4.98 Å². The molecule has 0 saturated carbocycles. The molecule has 3 aromatic carbocycles. The third kappa shape index (κ3) is 6.94. The average molecular weight is 613 g/mol. The summed E-state index contributed by atoms with van der Waals surface area (Å²) in [5.74, 6) is 0.635. The van der Waals surface area contributed by atoms with Crippen LogP contribution in [-0.4, -0.2) is 36.3 Å². The van der Waals surface area contributed by atoms with Crippen molar-refractivity contribution in [2.75, 3.05) is 24.9 Å². The highest BCUT2D eigenvalue weighted by atomic mass is 79.9. The zero-order valence-electron chi connectivity index (χ0n) is 21.0. The molecule has 2 amide bonds. The van der Waals surface area contributed by atoms with Gasteiger partial charge in [0.15, 0.2) is 16.6 Å². The molecule has 0 aliphatic rings. The number of nitrogens with zero attached hydrogens (tertiary/aromatic N) is 1. The first-order valence-corrected chi connectivity index (χ1v) is 14.3. The predicted molar refractivity (Wildman–Crippen MR) is 158 cm³/mol. The number of hydrogen-bond acceptors (Lipinski definition) is 7. The van der Waals surface area contributed by atoms with Crippen molar-refractivity contribution in [1.82, 2.24) is 4.98 Å². The van der Waals surface area contributed by atoms with Crippen LogP contribution < -0.4 is 20.1 Å². The van der Waals surface area contributed by atoms with Crippen LogP contribution in [-0.2, 0) is 4.79 Å². The number of anilines is 2. The normalized spacial score (nSPS) is 11.5. The first-order valence-electron chi connectivity index (χ1n) is 11.7. The molecule has 1 aromatic heterocycles. The van der Waals surface area contributed by atoms with Gasteiger partial charge >= 0.3 is 0 Å². The van der Waals surface area contributed by atoms with E-state index >= 15 is 0 Å². The largest absolute Gasteiger partial charge is 0.493 e. The van der Waals surface area contributed by atoms with Gasteiger partial charge in [0.2, 0.25) is 5.91 Å². The number of methoxy groups -OCH3 is 2. The molecule has 0 spiro atoms. The second kappa shape index (κ2) is 12.9. The highest BCUT2D eigenvalue weighted by Gasteiger charge is 2.20. The summed E-state index contributed by atoms with van der Waals surface area (Å²) in [4.78, 5) is 31.3. The number of carbonyl (C=O) groups is 2. The van der Waals surface area contributed by atoms with Crippen molar-refractivity contribution >= 4 is 61.7 Å². The minimum Gasteiger partial charge on any atom is -0.493 e. The number of amides is 2. The van der Waals surface area contributed by atoms with Crippen LogP contribution in [0.1, 0.15) is 23.7 Å². The highest BCUT2D eigenvalue weighted by molar-refractivity contribution is 9.10. The maximum Gasteiger partial charge on any atom is 0.255 e. The molecule has 7 nitrogen and oxygen atoms in total. The molecule has 1 heterocycles. The molecule has 196 valence electrons. The fourth-order valence-corrected chi connectivity index (χ4v) is 5.58. The summed E-state index contributed by atoms with van der Waals surface area (Å²) in [6, 6.07) is 20.3. The number of thiazole rings is 1. The number of aromatic nitrogens is 1. The van der Waals surface area contributed by atoms with Crippen LogP contribution in [0.3, 0.4) is 0 Å². The Balaban J connectivity index is 1.40. The van der Waals surface area contributed by atoms with E-state index in [9.17, 15) is 9.59 Å². The number of halogens is 1. The summed E-state index contributed by atoms with van der Waals surface area (Å²) >= 11 is 6.27. The van der Waals surface area contributed by atoms with E-state index in [4.69, 9.17) is 9.47 Å². The molecule has 10 heteroatoms. The number of carbonyl (C=O) groups excluding carboxylic acids is 2. The number of rotatable bonds is 10. The van der Waals surface area contributed by atoms with Gasteiger partial charge in [0.1, 0.15) is 0 Å². The van der Waals surface area contributed by atoms with Crippen molar-refractivity contribution in [3.05, 3.63) is 82.1 Å². The molecule has 1 unspecified atom stereocenters. The molecular formula is C28H26BrN3O4S2. The lowest BCUT2D eigenvalue weighted by atomic mass is 10.2. The molecule has 38 heavy (non-hydrogen) atoms. The van der Waals surface area contributed by atoms with Gasteiger partial charge in [0.25, 0.3) is 5.91 Å². The number of benzene rings is 3. The molecule has 0 radical (unpaired) electrons. The van der Waals surface area contributed by atoms with Gasteiger partial charge in [-0.2, -0.15) is 0 Å². The van der Waals surface area contributed by atoms with E-state index in [0.29, 0.717) is 34.3 Å². The molecule has 0 bridgehead atoms. The summed E-state index contributed by atoms with van der Waals surface area (Å²) in [7, 11) is 3.07. The summed E-state index contributed by atoms with van der Waals surface area (Å²) in [5, 5.41) is 8.02. The Hall–Kier alpha value is -3.34. The minimum atomic E-state index is -0.327. The summed E-state index contributed by atoms with van der Waals surface area (Å²) in [6.07, 6.45) is 0.629. The standard InChI is InChI=1S/C28H26BrN3O4S2/c1-4-25(27(34)32-28-31-22(16-37-28)17-8-11-19(29)12-9-17)38-21-7-5-6-20(15-21)30-26(33)18-10-13-23(35-2)24(14-18)36-3/h5-16,25H,4H2,1-3H3,(H,30,33)(H,31,32,34). The Morgan fingerprint density at radius 1 is 1.00 bits per heavy atom. The highest BCUT2D eigenvalue weighted by Crippen LogP contribution is 2.31. The third-order valence-corrected chi connectivity index (χ3v) is 8.20. The van der Waals surface area contributed by atoms with Gasteiger partial charge in [-0.1, -0.05) is 41.1 Å². The third-order valence-electron chi connectivity index (χ3n) is 5.55. The van der Waals surface area contributed by atoms with Crippen LogP contribution in [0.25, 0.3) is 11.3 Å². The maximum absolute atomic E-state index is 13.0. The molecule has 4 rings (SSSR count). The quantitative estimate of drug-likeness (QED) is 0.182. The van der Waals surface area contributed by atoms with E-state index in [0.717, 1.165) is 20.6 Å². The van der Waals surface area contributed by atoms with E-state index in [2.05, 4.69) is 31.5 Å². The summed E-state index contributed by atoms with van der Waals surface area (Å²) < 4.78 is 11.5. The Morgan fingerprint density at radius 2 is 1.76 bits per heavy atom. The lowest BCUT2D eigenvalue weighted by Gasteiger charge is -2.14. The van der Waals surface area contributed by atoms with E-state index in [1.807, 2.05) is 60.8 Å². The molecule has 1 atom stereocenters. The molecule has 0 aliphatic heterocycles. The van der Waals surface area contributed by atoms with Crippen LogP contribution in [0.4, 0.5) is 10.8 Å². The van der Waals surface area contributed by atoms with E-state index in [-0.39, 0.29) is 17.1 Å². The van der Waals surface area contributed by atoms with Crippen LogP contribution in [0, 0.1) is 0 Å². The van der Waals surface area contributed by atoms with Gasteiger partial charge in [-0.05, 0) is 55.0 Å². The first-order chi connectivity index (χ1) is 18.4. The zero-order chi connectivity index (χ0) is 27.1. The number of ether oxygens (including phenoxy) is 2. The fourth-order valence-electron chi connectivity index (χ4n) is 3.58. The molecule has 0 saturated heterocycles. The van der Waals surface area contributed by atoms with Crippen molar-refractivity contribution in [1.29, 1.82) is 0 Å². The fraction of sp³-hybridized carbons (Fsp3) is 0.179. The SMILES string of the molecule is CCC(Sc1cccc(NC(=O)c2ccc(OC)c(OC)c2)c1)C(=O)Nc1nc(-c2ccc(Br)cc2)cs1. The van der Waals surface area contributed by atoms with E-state index in [1.54, 1.807) is 25.3 Å². The van der Waals surface area contributed by atoms with Gasteiger partial charge in [0.05, 0.1) is 25.2 Å². The second-order valence-corrected chi connectivity index (χ2v) is 11.2. The first kappa shape index (κ1) is 27.7. The molecule has 4 aromatic rings. The molecule has 0 fully saturated rings. The topological polar surface area (TPSA) is 89.5 Å². The Kier molecular flexibility index (Phi) is 9.43. The second-order valence-electron chi connectivity index (χ2n) is 8.10. The van der Waals surface area contributed by atoms with Crippen LogP contribution in [0.15, 0.2) is 81.5 Å². The lowest BCUT2D eigenvalue weighted by molar-refractivity contribution is -0.115. The van der Waals surface area contributed by atoms with Crippen molar-refractivity contribution in [2.24, 2.45) is 0 Å². The smallest absolute Gasteiger partial charge is 0.255 e. The van der Waals surface area contributed by atoms with E-state index < -0.39 is 0 Å². The minimum absolute atomic E-state index is 0.117. The summed E-state index contributed by atoms with van der Waals surface area (Å²) in [6.45, 7) is 1.97. The Bertz CT molecular complexity index is 1430. The van der Waals surface area contributed by atoms with Crippen molar-refractivity contribution in [3.8, 4) is 22.8 Å². The summed E-state index contributed by atoms with van der Waals surface area (Å²) in [5.41, 5.74) is 2.87. The Labute approximate surface area is 238 Å². The van der Waals surface area contributed by atoms with Crippen LogP contribution >= 0.6 is 39.0 Å². The monoisotopic (exact) mass is 611 g/mol. The average Bonchev–Trinajstić information content (AvgIpc) is 3.40. The van der Waals surface area contributed by atoms with Crippen molar-refractivity contribution in [3.63, 3.8) is 0 Å².